The van der Waals surface area contributed by atoms with Gasteiger partial charge in [0.1, 0.15) is 5.76 Å². The van der Waals surface area contributed by atoms with Gasteiger partial charge in [-0.3, -0.25) is 4.79 Å². The minimum absolute atomic E-state index is 0.228. The number of furan rings is 1. The minimum atomic E-state index is -0.306. The standard InChI is InChI=1S/C14H15NO4/c1-2-15(9-11-4-3-7-19-11)14(18)10-5-6-12(16)13(17)8-10/h3-8,16-17H,2,9H2,1H3. The van der Waals surface area contributed by atoms with E-state index >= 15 is 0 Å². The van der Waals surface area contributed by atoms with Gasteiger partial charge in [0, 0.05) is 12.1 Å². The van der Waals surface area contributed by atoms with E-state index in [1.165, 1.54) is 18.2 Å². The number of amides is 1. The summed E-state index contributed by atoms with van der Waals surface area (Å²) in [7, 11) is 0. The molecule has 2 aromatic rings. The highest BCUT2D eigenvalue weighted by Gasteiger charge is 2.16. The van der Waals surface area contributed by atoms with Gasteiger partial charge in [0.05, 0.1) is 12.8 Å². The first-order valence-electron chi connectivity index (χ1n) is 5.95. The van der Waals surface area contributed by atoms with E-state index in [9.17, 15) is 15.0 Å². The first-order valence-corrected chi connectivity index (χ1v) is 5.95. The van der Waals surface area contributed by atoms with Gasteiger partial charge in [-0.2, -0.15) is 0 Å². The summed E-state index contributed by atoms with van der Waals surface area (Å²) in [6.45, 7) is 2.74. The van der Waals surface area contributed by atoms with Crippen LogP contribution in [0.25, 0.3) is 0 Å². The van der Waals surface area contributed by atoms with Crippen molar-refractivity contribution in [2.45, 2.75) is 13.5 Å². The van der Waals surface area contributed by atoms with Gasteiger partial charge in [0.15, 0.2) is 11.5 Å². The largest absolute Gasteiger partial charge is 0.504 e. The number of hydrogen-bond acceptors (Lipinski definition) is 4. The molecular formula is C14H15NO4. The molecule has 2 N–H and O–H groups in total. The van der Waals surface area contributed by atoms with E-state index < -0.39 is 0 Å². The van der Waals surface area contributed by atoms with Crippen LogP contribution in [-0.4, -0.2) is 27.6 Å². The molecule has 0 aliphatic heterocycles. The second kappa shape index (κ2) is 5.48. The Bertz CT molecular complexity index is 563. The fraction of sp³-hybridized carbons (Fsp3) is 0.214. The Hall–Kier alpha value is -2.43. The SMILES string of the molecule is CCN(Cc1ccco1)C(=O)c1ccc(O)c(O)c1. The van der Waals surface area contributed by atoms with Crippen LogP contribution in [0.15, 0.2) is 41.0 Å². The van der Waals surface area contributed by atoms with Gasteiger partial charge in [0.2, 0.25) is 0 Å². The maximum atomic E-state index is 12.3. The Kier molecular flexibility index (Phi) is 3.75. The van der Waals surface area contributed by atoms with Crippen LogP contribution in [0.5, 0.6) is 11.5 Å². The molecule has 0 saturated carbocycles. The Labute approximate surface area is 110 Å². The lowest BCUT2D eigenvalue weighted by Gasteiger charge is -2.19. The Balaban J connectivity index is 2.18. The molecule has 1 aromatic carbocycles. The number of carbonyl (C=O) groups excluding carboxylic acids is 1. The quantitative estimate of drug-likeness (QED) is 0.828. The van der Waals surface area contributed by atoms with Gasteiger partial charge in [-0.05, 0) is 37.3 Å². The third-order valence-corrected chi connectivity index (χ3v) is 2.82. The zero-order valence-electron chi connectivity index (χ0n) is 10.5. The first-order chi connectivity index (χ1) is 9.11. The molecule has 0 fully saturated rings. The van der Waals surface area contributed by atoms with Gasteiger partial charge in [0.25, 0.3) is 5.91 Å². The molecule has 1 aromatic heterocycles. The molecule has 5 heteroatoms. The molecule has 0 bridgehead atoms. The number of rotatable bonds is 4. The van der Waals surface area contributed by atoms with Crippen molar-refractivity contribution in [2.24, 2.45) is 0 Å². The van der Waals surface area contributed by atoms with Gasteiger partial charge in [-0.25, -0.2) is 0 Å². The summed E-state index contributed by atoms with van der Waals surface area (Å²) in [4.78, 5) is 13.8. The maximum Gasteiger partial charge on any atom is 0.254 e. The lowest BCUT2D eigenvalue weighted by molar-refractivity contribution is 0.0741. The highest BCUT2D eigenvalue weighted by molar-refractivity contribution is 5.94. The average Bonchev–Trinajstić information content (AvgIpc) is 2.91. The molecule has 0 spiro atoms. The van der Waals surface area contributed by atoms with Crippen LogP contribution >= 0.6 is 0 Å². The van der Waals surface area contributed by atoms with Crippen molar-refractivity contribution >= 4 is 5.91 Å². The Morgan fingerprint density at radius 3 is 2.63 bits per heavy atom. The fourth-order valence-corrected chi connectivity index (χ4v) is 1.76. The third kappa shape index (κ3) is 2.88. The summed E-state index contributed by atoms with van der Waals surface area (Å²) in [6.07, 6.45) is 1.56. The Morgan fingerprint density at radius 2 is 2.05 bits per heavy atom. The molecule has 0 radical (unpaired) electrons. The van der Waals surface area contributed by atoms with Crippen LogP contribution in [0, 0.1) is 0 Å². The van der Waals surface area contributed by atoms with E-state index in [2.05, 4.69) is 0 Å². The highest BCUT2D eigenvalue weighted by Crippen LogP contribution is 2.25. The van der Waals surface area contributed by atoms with Crippen molar-refractivity contribution in [1.29, 1.82) is 0 Å². The first kappa shape index (κ1) is 13.0. The number of benzene rings is 1. The summed E-state index contributed by atoms with van der Waals surface area (Å²) < 4.78 is 5.21. The van der Waals surface area contributed by atoms with Crippen LogP contribution in [0.1, 0.15) is 23.0 Å². The number of hydrogen-bond donors (Lipinski definition) is 2. The molecule has 0 unspecified atom stereocenters. The number of phenols is 2. The molecule has 0 aliphatic rings. The highest BCUT2D eigenvalue weighted by atomic mass is 16.3. The monoisotopic (exact) mass is 261 g/mol. The van der Waals surface area contributed by atoms with Crippen molar-refractivity contribution in [2.75, 3.05) is 6.54 Å². The van der Waals surface area contributed by atoms with E-state index in [1.54, 1.807) is 23.3 Å². The van der Waals surface area contributed by atoms with Crippen LogP contribution in [-0.2, 0) is 6.54 Å². The van der Waals surface area contributed by atoms with Crippen molar-refractivity contribution in [3.05, 3.63) is 47.9 Å². The van der Waals surface area contributed by atoms with Crippen molar-refractivity contribution in [1.82, 2.24) is 4.90 Å². The molecule has 100 valence electrons. The van der Waals surface area contributed by atoms with Gasteiger partial charge in [-0.1, -0.05) is 0 Å². The molecule has 2 rings (SSSR count). The molecular weight excluding hydrogens is 246 g/mol. The molecule has 0 aliphatic carbocycles. The van der Waals surface area contributed by atoms with E-state index in [0.717, 1.165) is 0 Å². The summed E-state index contributed by atoms with van der Waals surface area (Å²) in [5.41, 5.74) is 0.323. The van der Waals surface area contributed by atoms with E-state index in [-0.39, 0.29) is 17.4 Å². The fourth-order valence-electron chi connectivity index (χ4n) is 1.76. The molecule has 1 amide bonds. The van der Waals surface area contributed by atoms with Crippen molar-refractivity contribution in [3.63, 3.8) is 0 Å². The summed E-state index contributed by atoms with van der Waals surface area (Å²) in [5.74, 6) is -0.0852. The molecule has 19 heavy (non-hydrogen) atoms. The zero-order chi connectivity index (χ0) is 13.8. The number of aromatic hydroxyl groups is 2. The maximum absolute atomic E-state index is 12.3. The second-order valence-electron chi connectivity index (χ2n) is 4.10. The smallest absolute Gasteiger partial charge is 0.254 e. The minimum Gasteiger partial charge on any atom is -0.504 e. The summed E-state index contributed by atoms with van der Waals surface area (Å²) in [6, 6.07) is 7.58. The summed E-state index contributed by atoms with van der Waals surface area (Å²) in [5, 5.41) is 18.7. The second-order valence-corrected chi connectivity index (χ2v) is 4.10. The predicted octanol–water partition coefficient (Wildman–Crippen LogP) is 2.35. The van der Waals surface area contributed by atoms with Crippen LogP contribution in [0.2, 0.25) is 0 Å². The lowest BCUT2D eigenvalue weighted by Crippen LogP contribution is -2.30. The van der Waals surface area contributed by atoms with E-state index in [4.69, 9.17) is 4.42 Å². The lowest BCUT2D eigenvalue weighted by atomic mass is 10.1. The summed E-state index contributed by atoms with van der Waals surface area (Å²) >= 11 is 0. The van der Waals surface area contributed by atoms with Crippen molar-refractivity contribution in [3.8, 4) is 11.5 Å². The number of phenolic OH excluding ortho intramolecular Hbond substituents is 2. The normalized spacial score (nSPS) is 10.4. The molecule has 0 saturated heterocycles. The van der Waals surface area contributed by atoms with Gasteiger partial charge in [-0.15, -0.1) is 0 Å². The molecule has 5 nitrogen and oxygen atoms in total. The van der Waals surface area contributed by atoms with Gasteiger partial charge < -0.3 is 19.5 Å². The van der Waals surface area contributed by atoms with Gasteiger partial charge >= 0.3 is 0 Å². The van der Waals surface area contributed by atoms with Crippen LogP contribution in [0.4, 0.5) is 0 Å². The number of carbonyl (C=O) groups is 1. The third-order valence-electron chi connectivity index (χ3n) is 2.82. The van der Waals surface area contributed by atoms with Crippen molar-refractivity contribution < 1.29 is 19.4 Å². The number of nitrogens with zero attached hydrogens (tertiary/aromatic N) is 1. The average molecular weight is 261 g/mol. The molecule has 1 heterocycles. The van der Waals surface area contributed by atoms with Crippen LogP contribution < -0.4 is 0 Å². The van der Waals surface area contributed by atoms with E-state index in [0.29, 0.717) is 24.4 Å². The molecule has 0 atom stereocenters. The Morgan fingerprint density at radius 1 is 1.26 bits per heavy atom. The van der Waals surface area contributed by atoms with Crippen LogP contribution in [0.3, 0.4) is 0 Å². The zero-order valence-corrected chi connectivity index (χ0v) is 10.5. The topological polar surface area (TPSA) is 73.9 Å². The predicted molar refractivity (Wildman–Crippen MR) is 68.9 cm³/mol. The van der Waals surface area contributed by atoms with E-state index in [1.807, 2.05) is 6.92 Å².